The first-order valence-electron chi connectivity index (χ1n) is 11.5. The summed E-state index contributed by atoms with van der Waals surface area (Å²) >= 11 is 0. The molecule has 0 fully saturated rings. The standard InChI is InChI=1S/C32H28O/c1-31(25-15-7-3-8-16-25,26-17-9-4-10-18-26)29-23-24-30(33-29)32(2,27-19-11-5-12-20-27)28-21-13-6-14-22-28/h3-24H,1-2H3. The summed E-state index contributed by atoms with van der Waals surface area (Å²) in [4.78, 5) is 0. The summed E-state index contributed by atoms with van der Waals surface area (Å²) in [5.41, 5.74) is 4.01. The monoisotopic (exact) mass is 428 g/mol. The zero-order chi connectivity index (χ0) is 22.7. The number of rotatable bonds is 6. The maximum absolute atomic E-state index is 6.83. The third kappa shape index (κ3) is 3.60. The maximum Gasteiger partial charge on any atom is 0.118 e. The molecule has 5 rings (SSSR count). The van der Waals surface area contributed by atoms with Crippen molar-refractivity contribution in [1.82, 2.24) is 0 Å². The topological polar surface area (TPSA) is 13.1 Å². The van der Waals surface area contributed by atoms with Crippen molar-refractivity contribution in [2.75, 3.05) is 0 Å². The summed E-state index contributed by atoms with van der Waals surface area (Å²) in [6, 6.07) is 46.8. The van der Waals surface area contributed by atoms with Crippen LogP contribution in [0.15, 0.2) is 138 Å². The molecule has 0 spiro atoms. The van der Waals surface area contributed by atoms with Crippen LogP contribution in [0.2, 0.25) is 0 Å². The summed E-state index contributed by atoms with van der Waals surface area (Å²) in [5.74, 6) is 1.88. The second kappa shape index (κ2) is 8.60. The van der Waals surface area contributed by atoms with Gasteiger partial charge in [-0.05, 0) is 48.2 Å². The SMILES string of the molecule is CC(c1ccccc1)(c1ccccc1)c1ccc(C(C)(c2ccccc2)c2ccccc2)o1. The van der Waals surface area contributed by atoms with Gasteiger partial charge in [0.25, 0.3) is 0 Å². The van der Waals surface area contributed by atoms with Gasteiger partial charge in [0.05, 0.1) is 10.8 Å². The van der Waals surface area contributed by atoms with E-state index in [4.69, 9.17) is 4.42 Å². The normalized spacial score (nSPS) is 11.9. The minimum Gasteiger partial charge on any atom is -0.463 e. The Morgan fingerprint density at radius 3 is 0.848 bits per heavy atom. The summed E-state index contributed by atoms with van der Waals surface area (Å²) in [7, 11) is 0. The van der Waals surface area contributed by atoms with Crippen LogP contribution in [0.25, 0.3) is 0 Å². The molecule has 0 aliphatic carbocycles. The van der Waals surface area contributed by atoms with Gasteiger partial charge in [-0.1, -0.05) is 121 Å². The zero-order valence-corrected chi connectivity index (χ0v) is 19.1. The van der Waals surface area contributed by atoms with Crippen molar-refractivity contribution < 1.29 is 4.42 Å². The first-order valence-corrected chi connectivity index (χ1v) is 11.5. The van der Waals surface area contributed by atoms with E-state index in [1.165, 1.54) is 22.3 Å². The summed E-state index contributed by atoms with van der Waals surface area (Å²) in [6.45, 7) is 4.51. The van der Waals surface area contributed by atoms with E-state index in [1.54, 1.807) is 0 Å². The lowest BCUT2D eigenvalue weighted by molar-refractivity contribution is 0.383. The van der Waals surface area contributed by atoms with E-state index < -0.39 is 10.8 Å². The molecule has 1 heterocycles. The Bertz CT molecular complexity index is 1120. The Morgan fingerprint density at radius 1 is 0.364 bits per heavy atom. The van der Waals surface area contributed by atoms with E-state index in [-0.39, 0.29) is 0 Å². The summed E-state index contributed by atoms with van der Waals surface area (Å²) in [5, 5.41) is 0. The quantitative estimate of drug-likeness (QED) is 0.267. The van der Waals surface area contributed by atoms with Crippen LogP contribution in [0.4, 0.5) is 0 Å². The molecule has 4 aromatic carbocycles. The predicted molar refractivity (Wildman–Crippen MR) is 136 cm³/mol. The zero-order valence-electron chi connectivity index (χ0n) is 19.1. The maximum atomic E-state index is 6.83. The van der Waals surface area contributed by atoms with Crippen LogP contribution < -0.4 is 0 Å². The minimum absolute atomic E-state index is 0.408. The van der Waals surface area contributed by atoms with Gasteiger partial charge in [0, 0.05) is 0 Å². The van der Waals surface area contributed by atoms with Gasteiger partial charge in [-0.3, -0.25) is 0 Å². The molecule has 33 heavy (non-hydrogen) atoms. The first-order chi connectivity index (χ1) is 16.1. The van der Waals surface area contributed by atoms with Crippen LogP contribution >= 0.6 is 0 Å². The van der Waals surface area contributed by atoms with Crippen LogP contribution in [0.5, 0.6) is 0 Å². The number of furan rings is 1. The first kappa shape index (κ1) is 21.0. The molecular weight excluding hydrogens is 400 g/mol. The molecule has 5 aromatic rings. The highest BCUT2D eigenvalue weighted by molar-refractivity contribution is 5.50. The fraction of sp³-hybridized carbons (Fsp3) is 0.125. The molecule has 1 heteroatoms. The van der Waals surface area contributed by atoms with Crippen molar-refractivity contribution in [3.8, 4) is 0 Å². The van der Waals surface area contributed by atoms with E-state index in [2.05, 4.69) is 147 Å². The average Bonchev–Trinajstić information content (AvgIpc) is 3.41. The molecule has 0 saturated heterocycles. The van der Waals surface area contributed by atoms with Crippen molar-refractivity contribution in [3.63, 3.8) is 0 Å². The van der Waals surface area contributed by atoms with Crippen LogP contribution in [0, 0.1) is 0 Å². The minimum atomic E-state index is -0.408. The lowest BCUT2D eigenvalue weighted by Gasteiger charge is -2.31. The van der Waals surface area contributed by atoms with E-state index >= 15 is 0 Å². The molecule has 1 nitrogen and oxygen atoms in total. The van der Waals surface area contributed by atoms with Crippen molar-refractivity contribution in [2.24, 2.45) is 0 Å². The van der Waals surface area contributed by atoms with Crippen molar-refractivity contribution in [2.45, 2.75) is 24.7 Å². The van der Waals surface area contributed by atoms with Gasteiger partial charge >= 0.3 is 0 Å². The molecule has 0 radical (unpaired) electrons. The Morgan fingerprint density at radius 2 is 0.606 bits per heavy atom. The van der Waals surface area contributed by atoms with Gasteiger partial charge < -0.3 is 4.42 Å². The lowest BCUT2D eigenvalue weighted by Crippen LogP contribution is -2.26. The van der Waals surface area contributed by atoms with Gasteiger partial charge in [0.1, 0.15) is 11.5 Å². The average molecular weight is 429 g/mol. The van der Waals surface area contributed by atoms with E-state index in [0.29, 0.717) is 0 Å². The highest BCUT2D eigenvalue weighted by Crippen LogP contribution is 2.44. The summed E-state index contributed by atoms with van der Waals surface area (Å²) in [6.07, 6.45) is 0. The van der Waals surface area contributed by atoms with Crippen molar-refractivity contribution in [1.29, 1.82) is 0 Å². The molecule has 1 aromatic heterocycles. The predicted octanol–water partition coefficient (Wildman–Crippen LogP) is 7.99. The second-order valence-electron chi connectivity index (χ2n) is 8.88. The second-order valence-corrected chi connectivity index (χ2v) is 8.88. The number of hydrogen-bond donors (Lipinski definition) is 0. The smallest absolute Gasteiger partial charge is 0.118 e. The molecule has 162 valence electrons. The molecule has 0 aliphatic heterocycles. The van der Waals surface area contributed by atoms with Crippen molar-refractivity contribution >= 4 is 0 Å². The fourth-order valence-corrected chi connectivity index (χ4v) is 4.86. The molecule has 0 aliphatic rings. The molecule has 0 amide bonds. The molecule has 0 N–H and O–H groups in total. The van der Waals surface area contributed by atoms with Gasteiger partial charge in [0.2, 0.25) is 0 Å². The van der Waals surface area contributed by atoms with E-state index in [0.717, 1.165) is 11.5 Å². The highest BCUT2D eigenvalue weighted by atomic mass is 16.3. The van der Waals surface area contributed by atoms with Gasteiger partial charge in [-0.25, -0.2) is 0 Å². The molecule has 0 saturated carbocycles. The van der Waals surface area contributed by atoms with E-state index in [9.17, 15) is 0 Å². The van der Waals surface area contributed by atoms with Gasteiger partial charge in [-0.15, -0.1) is 0 Å². The third-order valence-corrected chi connectivity index (χ3v) is 7.00. The third-order valence-electron chi connectivity index (χ3n) is 7.00. The van der Waals surface area contributed by atoms with Crippen molar-refractivity contribution in [3.05, 3.63) is 167 Å². The molecule has 0 bridgehead atoms. The Balaban J connectivity index is 1.71. The largest absolute Gasteiger partial charge is 0.463 e. The Hall–Kier alpha value is -3.84. The number of benzene rings is 4. The van der Waals surface area contributed by atoms with Crippen LogP contribution in [-0.4, -0.2) is 0 Å². The fourth-order valence-electron chi connectivity index (χ4n) is 4.86. The Labute approximate surface area is 196 Å². The highest BCUT2D eigenvalue weighted by Gasteiger charge is 2.38. The van der Waals surface area contributed by atoms with Crippen LogP contribution in [0.1, 0.15) is 47.6 Å². The van der Waals surface area contributed by atoms with Gasteiger partial charge in [0.15, 0.2) is 0 Å². The molecule has 0 atom stereocenters. The van der Waals surface area contributed by atoms with Crippen LogP contribution in [0.3, 0.4) is 0 Å². The number of hydrogen-bond acceptors (Lipinski definition) is 1. The van der Waals surface area contributed by atoms with Crippen LogP contribution in [-0.2, 0) is 10.8 Å². The Kier molecular flexibility index (Phi) is 5.48. The summed E-state index contributed by atoms with van der Waals surface area (Å²) < 4.78 is 6.83. The van der Waals surface area contributed by atoms with E-state index in [1.807, 2.05) is 0 Å². The molecular formula is C32H28O. The lowest BCUT2D eigenvalue weighted by atomic mass is 9.74. The van der Waals surface area contributed by atoms with Gasteiger partial charge in [-0.2, -0.15) is 0 Å². The molecule has 0 unspecified atom stereocenters.